The van der Waals surface area contributed by atoms with Gasteiger partial charge in [-0.25, -0.2) is 0 Å². The number of ether oxygens (including phenoxy) is 1. The van der Waals surface area contributed by atoms with Gasteiger partial charge >= 0.3 is 0 Å². The topological polar surface area (TPSA) is 98.1 Å². The van der Waals surface area contributed by atoms with Gasteiger partial charge < -0.3 is 19.9 Å². The predicted molar refractivity (Wildman–Crippen MR) is 144 cm³/mol. The number of methoxy groups -OCH3 is 1. The first-order chi connectivity index (χ1) is 17.2. The summed E-state index contributed by atoms with van der Waals surface area (Å²) in [5.41, 5.74) is 2.08. The van der Waals surface area contributed by atoms with Gasteiger partial charge in [0.15, 0.2) is 11.0 Å². The summed E-state index contributed by atoms with van der Waals surface area (Å²) in [7, 11) is 1.58. The molecule has 190 valence electrons. The second-order valence-corrected chi connectivity index (χ2v) is 9.81. The standard InChI is InChI=1S/C26H30ClN5O3S/c1-6-13-32-24(23(16(2)3)29-25(34)18-8-11-20(35-5)12-9-18)30-31-26(32)36-15-22(33)28-19-10-7-17(4)21(27)14-19/h6-12,14,16,23H,1,13,15H2,2-5H3,(H,28,33)(H,29,34). The lowest BCUT2D eigenvalue weighted by Gasteiger charge is -2.22. The van der Waals surface area contributed by atoms with Gasteiger partial charge in [0.2, 0.25) is 5.91 Å². The molecule has 0 saturated carbocycles. The molecule has 0 spiro atoms. The Labute approximate surface area is 220 Å². The number of aryl methyl sites for hydroxylation is 1. The molecule has 1 atom stereocenters. The van der Waals surface area contributed by atoms with Crippen molar-refractivity contribution >= 4 is 40.9 Å². The van der Waals surface area contributed by atoms with Gasteiger partial charge in [-0.2, -0.15) is 0 Å². The molecule has 0 aliphatic rings. The van der Waals surface area contributed by atoms with Crippen molar-refractivity contribution in [1.82, 2.24) is 20.1 Å². The van der Waals surface area contributed by atoms with E-state index in [1.165, 1.54) is 11.8 Å². The van der Waals surface area contributed by atoms with Crippen LogP contribution in [0.15, 0.2) is 60.3 Å². The zero-order chi connectivity index (χ0) is 26.2. The van der Waals surface area contributed by atoms with E-state index >= 15 is 0 Å². The van der Waals surface area contributed by atoms with E-state index in [0.29, 0.717) is 39.5 Å². The molecular formula is C26H30ClN5O3S. The predicted octanol–water partition coefficient (Wildman–Crippen LogP) is 5.29. The first-order valence-corrected chi connectivity index (χ1v) is 12.8. The molecule has 1 heterocycles. The van der Waals surface area contributed by atoms with Crippen LogP contribution in [0.25, 0.3) is 0 Å². The molecule has 10 heteroatoms. The lowest BCUT2D eigenvalue weighted by atomic mass is 10.0. The molecule has 0 aliphatic carbocycles. The zero-order valence-electron chi connectivity index (χ0n) is 20.7. The van der Waals surface area contributed by atoms with E-state index in [0.717, 1.165) is 5.56 Å². The molecule has 36 heavy (non-hydrogen) atoms. The fourth-order valence-electron chi connectivity index (χ4n) is 3.43. The van der Waals surface area contributed by atoms with E-state index in [-0.39, 0.29) is 23.5 Å². The maximum absolute atomic E-state index is 12.9. The highest BCUT2D eigenvalue weighted by molar-refractivity contribution is 7.99. The van der Waals surface area contributed by atoms with Gasteiger partial charge in [-0.15, -0.1) is 16.8 Å². The van der Waals surface area contributed by atoms with E-state index in [2.05, 4.69) is 27.4 Å². The SMILES string of the molecule is C=CCn1c(SCC(=O)Nc2ccc(C)c(Cl)c2)nnc1C(NC(=O)c1ccc(OC)cc1)C(C)C. The number of hydrogen-bond donors (Lipinski definition) is 2. The number of amides is 2. The average molecular weight is 528 g/mol. The summed E-state index contributed by atoms with van der Waals surface area (Å²) in [6.07, 6.45) is 1.73. The van der Waals surface area contributed by atoms with Crippen LogP contribution in [0.1, 0.15) is 41.6 Å². The highest BCUT2D eigenvalue weighted by atomic mass is 35.5. The van der Waals surface area contributed by atoms with Crippen LogP contribution in [-0.2, 0) is 11.3 Å². The Hall–Kier alpha value is -3.30. The van der Waals surface area contributed by atoms with Gasteiger partial charge in [-0.1, -0.05) is 49.4 Å². The van der Waals surface area contributed by atoms with Gasteiger partial charge in [-0.05, 0) is 54.8 Å². The molecule has 0 aliphatic heterocycles. The van der Waals surface area contributed by atoms with Crippen molar-refractivity contribution in [3.63, 3.8) is 0 Å². The minimum Gasteiger partial charge on any atom is -0.497 e. The molecule has 0 saturated heterocycles. The van der Waals surface area contributed by atoms with Gasteiger partial charge in [0.25, 0.3) is 5.91 Å². The number of carbonyl (C=O) groups excluding carboxylic acids is 2. The van der Waals surface area contributed by atoms with Crippen LogP contribution < -0.4 is 15.4 Å². The van der Waals surface area contributed by atoms with Crippen LogP contribution in [0.3, 0.4) is 0 Å². The minimum atomic E-state index is -0.398. The number of nitrogens with zero attached hydrogens (tertiary/aromatic N) is 3. The summed E-state index contributed by atoms with van der Waals surface area (Å²) in [6.45, 7) is 10.2. The summed E-state index contributed by atoms with van der Waals surface area (Å²) in [5, 5.41) is 15.7. The molecule has 2 aromatic carbocycles. The van der Waals surface area contributed by atoms with Crippen molar-refractivity contribution in [1.29, 1.82) is 0 Å². The van der Waals surface area contributed by atoms with Crippen LogP contribution in [-0.4, -0.2) is 39.4 Å². The third kappa shape index (κ3) is 6.89. The quantitative estimate of drug-likeness (QED) is 0.259. The molecule has 0 fully saturated rings. The van der Waals surface area contributed by atoms with Crippen molar-refractivity contribution < 1.29 is 14.3 Å². The molecule has 0 bridgehead atoms. The largest absolute Gasteiger partial charge is 0.497 e. The van der Waals surface area contributed by atoms with Gasteiger partial charge in [0, 0.05) is 22.8 Å². The fourth-order valence-corrected chi connectivity index (χ4v) is 4.37. The summed E-state index contributed by atoms with van der Waals surface area (Å²) in [5.74, 6) is 1.02. The molecule has 1 aromatic heterocycles. The Morgan fingerprint density at radius 2 is 1.92 bits per heavy atom. The fraction of sp³-hybridized carbons (Fsp3) is 0.308. The van der Waals surface area contributed by atoms with Gasteiger partial charge in [0.05, 0.1) is 18.9 Å². The lowest BCUT2D eigenvalue weighted by molar-refractivity contribution is -0.113. The van der Waals surface area contributed by atoms with Crippen LogP contribution in [0, 0.1) is 12.8 Å². The monoisotopic (exact) mass is 527 g/mol. The Balaban J connectivity index is 1.74. The number of aromatic nitrogens is 3. The number of anilines is 1. The van der Waals surface area contributed by atoms with Gasteiger partial charge in [-0.3, -0.25) is 9.59 Å². The van der Waals surface area contributed by atoms with Crippen molar-refractivity contribution in [3.05, 3.63) is 77.1 Å². The van der Waals surface area contributed by atoms with E-state index in [4.69, 9.17) is 16.3 Å². The van der Waals surface area contributed by atoms with Crippen LogP contribution in [0.4, 0.5) is 5.69 Å². The highest BCUT2D eigenvalue weighted by Crippen LogP contribution is 2.26. The maximum atomic E-state index is 12.9. The van der Waals surface area contributed by atoms with E-state index in [9.17, 15) is 9.59 Å². The normalized spacial score (nSPS) is 11.7. The molecule has 2 amide bonds. The number of thioether (sulfide) groups is 1. The van der Waals surface area contributed by atoms with E-state index < -0.39 is 6.04 Å². The van der Waals surface area contributed by atoms with Crippen LogP contribution in [0.5, 0.6) is 5.75 Å². The number of nitrogens with one attached hydrogen (secondary N) is 2. The third-order valence-electron chi connectivity index (χ3n) is 5.43. The number of halogens is 1. The van der Waals surface area contributed by atoms with Crippen molar-refractivity contribution in [2.45, 2.75) is 38.5 Å². The zero-order valence-corrected chi connectivity index (χ0v) is 22.3. The molecule has 2 N–H and O–H groups in total. The molecule has 3 rings (SSSR count). The number of allylic oxidation sites excluding steroid dienone is 1. The number of carbonyl (C=O) groups is 2. The summed E-state index contributed by atoms with van der Waals surface area (Å²) in [6, 6.07) is 11.9. The maximum Gasteiger partial charge on any atom is 0.251 e. The number of rotatable bonds is 11. The first kappa shape index (κ1) is 27.3. The summed E-state index contributed by atoms with van der Waals surface area (Å²) < 4.78 is 7.03. The summed E-state index contributed by atoms with van der Waals surface area (Å²) in [4.78, 5) is 25.5. The molecule has 8 nitrogen and oxygen atoms in total. The molecule has 0 radical (unpaired) electrons. The van der Waals surface area contributed by atoms with Crippen molar-refractivity contribution in [2.75, 3.05) is 18.2 Å². The number of hydrogen-bond acceptors (Lipinski definition) is 6. The molecule has 3 aromatic rings. The Bertz CT molecular complexity index is 1230. The minimum absolute atomic E-state index is 0.0346. The van der Waals surface area contributed by atoms with Crippen molar-refractivity contribution in [2.24, 2.45) is 5.92 Å². The summed E-state index contributed by atoms with van der Waals surface area (Å²) >= 11 is 7.41. The van der Waals surface area contributed by atoms with E-state index in [1.54, 1.807) is 49.6 Å². The second-order valence-electron chi connectivity index (χ2n) is 8.46. The van der Waals surface area contributed by atoms with Crippen LogP contribution in [0.2, 0.25) is 5.02 Å². The molecule has 1 unspecified atom stereocenters. The highest BCUT2D eigenvalue weighted by Gasteiger charge is 2.26. The van der Waals surface area contributed by atoms with Gasteiger partial charge in [0.1, 0.15) is 5.75 Å². The number of benzene rings is 2. The Morgan fingerprint density at radius 3 is 2.53 bits per heavy atom. The smallest absolute Gasteiger partial charge is 0.251 e. The lowest BCUT2D eigenvalue weighted by Crippen LogP contribution is -2.33. The van der Waals surface area contributed by atoms with Crippen molar-refractivity contribution in [3.8, 4) is 5.75 Å². The third-order valence-corrected chi connectivity index (χ3v) is 6.80. The second kappa shape index (κ2) is 12.6. The Kier molecular flexibility index (Phi) is 9.55. The Morgan fingerprint density at radius 1 is 1.19 bits per heavy atom. The van der Waals surface area contributed by atoms with Crippen LogP contribution >= 0.6 is 23.4 Å². The average Bonchev–Trinajstić information content (AvgIpc) is 3.25. The molecular weight excluding hydrogens is 498 g/mol. The van der Waals surface area contributed by atoms with E-state index in [1.807, 2.05) is 31.4 Å². The first-order valence-electron chi connectivity index (χ1n) is 11.4.